The molecule has 0 bridgehead atoms. The van der Waals surface area contributed by atoms with E-state index in [0.717, 1.165) is 40.6 Å². The molecular formula is C19H19ClN2O2. The highest BCUT2D eigenvalue weighted by Crippen LogP contribution is 2.40. The first-order valence-electron chi connectivity index (χ1n) is 7.97. The summed E-state index contributed by atoms with van der Waals surface area (Å²) in [6.45, 7) is 0.900. The van der Waals surface area contributed by atoms with E-state index in [2.05, 4.69) is 16.4 Å². The number of hydrogen-bond donors (Lipinski definition) is 2. The topological polar surface area (TPSA) is 46.3 Å². The van der Waals surface area contributed by atoms with Crippen LogP contribution >= 0.6 is 11.6 Å². The number of H-pyrrole nitrogens is 1. The van der Waals surface area contributed by atoms with Crippen molar-refractivity contribution in [2.24, 2.45) is 0 Å². The Morgan fingerprint density at radius 1 is 1.12 bits per heavy atom. The Balaban J connectivity index is 1.90. The van der Waals surface area contributed by atoms with Gasteiger partial charge in [0.05, 0.1) is 20.3 Å². The Hall–Kier alpha value is -2.17. The summed E-state index contributed by atoms with van der Waals surface area (Å²) in [5, 5.41) is 5.56. The van der Waals surface area contributed by atoms with Crippen molar-refractivity contribution in [3.8, 4) is 11.5 Å². The molecule has 0 fully saturated rings. The number of fused-ring (bicyclic) bond motifs is 3. The third-order valence-electron chi connectivity index (χ3n) is 4.66. The molecule has 0 amide bonds. The molecular weight excluding hydrogens is 324 g/mol. The van der Waals surface area contributed by atoms with E-state index in [4.69, 9.17) is 21.1 Å². The Morgan fingerprint density at radius 3 is 2.79 bits per heavy atom. The highest BCUT2D eigenvalue weighted by Gasteiger charge is 2.28. The van der Waals surface area contributed by atoms with E-state index >= 15 is 0 Å². The third kappa shape index (κ3) is 2.34. The van der Waals surface area contributed by atoms with Gasteiger partial charge in [0.25, 0.3) is 0 Å². The SMILES string of the molecule is COc1cccc(C2NCCc3c2[nH]c2ccc(Cl)cc32)c1OC. The summed E-state index contributed by atoms with van der Waals surface area (Å²) in [5.74, 6) is 1.50. The molecule has 0 aliphatic carbocycles. The van der Waals surface area contributed by atoms with Crippen LogP contribution in [-0.2, 0) is 6.42 Å². The molecule has 1 unspecified atom stereocenters. The number of hydrogen-bond acceptors (Lipinski definition) is 3. The normalized spacial score (nSPS) is 16.9. The largest absolute Gasteiger partial charge is 0.493 e. The van der Waals surface area contributed by atoms with Gasteiger partial charge >= 0.3 is 0 Å². The van der Waals surface area contributed by atoms with E-state index in [-0.39, 0.29) is 6.04 Å². The zero-order valence-electron chi connectivity index (χ0n) is 13.7. The predicted molar refractivity (Wildman–Crippen MR) is 96.4 cm³/mol. The van der Waals surface area contributed by atoms with Crippen LogP contribution in [-0.4, -0.2) is 25.7 Å². The summed E-state index contributed by atoms with van der Waals surface area (Å²) in [6.07, 6.45) is 0.971. The van der Waals surface area contributed by atoms with Crippen LogP contribution in [0.5, 0.6) is 11.5 Å². The van der Waals surface area contributed by atoms with Gasteiger partial charge in [-0.1, -0.05) is 23.7 Å². The van der Waals surface area contributed by atoms with E-state index in [9.17, 15) is 0 Å². The van der Waals surface area contributed by atoms with Gasteiger partial charge in [0.15, 0.2) is 11.5 Å². The molecule has 3 aromatic rings. The maximum atomic E-state index is 6.19. The summed E-state index contributed by atoms with van der Waals surface area (Å²) in [7, 11) is 3.34. The second-order valence-electron chi connectivity index (χ2n) is 5.93. The molecule has 1 aliphatic heterocycles. The number of halogens is 1. The van der Waals surface area contributed by atoms with Crippen molar-refractivity contribution >= 4 is 22.5 Å². The fourth-order valence-corrected chi connectivity index (χ4v) is 3.78. The van der Waals surface area contributed by atoms with Crippen LogP contribution in [0.25, 0.3) is 10.9 Å². The van der Waals surface area contributed by atoms with Crippen molar-refractivity contribution in [1.29, 1.82) is 0 Å². The first kappa shape index (κ1) is 15.4. The Labute approximate surface area is 145 Å². The van der Waals surface area contributed by atoms with Crippen molar-refractivity contribution in [2.75, 3.05) is 20.8 Å². The van der Waals surface area contributed by atoms with Crippen LogP contribution in [0, 0.1) is 0 Å². The van der Waals surface area contributed by atoms with Gasteiger partial charge in [-0.15, -0.1) is 0 Å². The number of aromatic amines is 1. The van der Waals surface area contributed by atoms with Crippen LogP contribution < -0.4 is 14.8 Å². The number of aromatic nitrogens is 1. The maximum absolute atomic E-state index is 6.19. The molecule has 4 rings (SSSR count). The van der Waals surface area contributed by atoms with Crippen molar-refractivity contribution in [2.45, 2.75) is 12.5 Å². The Morgan fingerprint density at radius 2 is 2.00 bits per heavy atom. The quantitative estimate of drug-likeness (QED) is 0.754. The smallest absolute Gasteiger partial charge is 0.165 e. The molecule has 2 heterocycles. The standard InChI is InChI=1S/C19H19ClN2O2/c1-23-16-5-3-4-13(19(16)24-2)17-18-12(8-9-21-17)14-10-11(20)6-7-15(14)22-18/h3-7,10,17,21-22H,8-9H2,1-2H3. The number of ether oxygens (including phenoxy) is 2. The first-order chi connectivity index (χ1) is 11.7. The molecule has 2 N–H and O–H groups in total. The minimum Gasteiger partial charge on any atom is -0.493 e. The summed E-state index contributed by atoms with van der Waals surface area (Å²) >= 11 is 6.19. The lowest BCUT2D eigenvalue weighted by Crippen LogP contribution is -2.30. The van der Waals surface area contributed by atoms with Crippen molar-refractivity contribution in [3.63, 3.8) is 0 Å². The van der Waals surface area contributed by atoms with Gasteiger partial charge in [-0.3, -0.25) is 0 Å². The van der Waals surface area contributed by atoms with Crippen molar-refractivity contribution in [1.82, 2.24) is 10.3 Å². The van der Waals surface area contributed by atoms with Gasteiger partial charge in [-0.2, -0.15) is 0 Å². The van der Waals surface area contributed by atoms with E-state index < -0.39 is 0 Å². The molecule has 4 nitrogen and oxygen atoms in total. The zero-order chi connectivity index (χ0) is 16.7. The molecule has 1 atom stereocenters. The average molecular weight is 343 g/mol. The lowest BCUT2D eigenvalue weighted by Gasteiger charge is -2.26. The average Bonchev–Trinajstić information content (AvgIpc) is 2.98. The third-order valence-corrected chi connectivity index (χ3v) is 4.89. The van der Waals surface area contributed by atoms with Crippen molar-refractivity contribution < 1.29 is 9.47 Å². The molecule has 0 spiro atoms. The molecule has 5 heteroatoms. The van der Waals surface area contributed by atoms with Gasteiger partial charge in [-0.05, 0) is 36.2 Å². The molecule has 0 saturated carbocycles. The van der Waals surface area contributed by atoms with Gasteiger partial charge in [0, 0.05) is 33.7 Å². The molecule has 0 saturated heterocycles. The van der Waals surface area contributed by atoms with Gasteiger partial charge in [-0.25, -0.2) is 0 Å². The lowest BCUT2D eigenvalue weighted by molar-refractivity contribution is 0.348. The second kappa shape index (κ2) is 6.04. The van der Waals surface area contributed by atoms with Gasteiger partial charge in [0.1, 0.15) is 0 Å². The number of methoxy groups -OCH3 is 2. The highest BCUT2D eigenvalue weighted by atomic mass is 35.5. The second-order valence-corrected chi connectivity index (χ2v) is 6.36. The minimum atomic E-state index is 0.0324. The van der Waals surface area contributed by atoms with E-state index in [0.29, 0.717) is 0 Å². The van der Waals surface area contributed by atoms with Gasteiger partial charge in [0.2, 0.25) is 0 Å². The Bertz CT molecular complexity index is 904. The molecule has 24 heavy (non-hydrogen) atoms. The van der Waals surface area contributed by atoms with Crippen LogP contribution in [0.2, 0.25) is 5.02 Å². The molecule has 124 valence electrons. The molecule has 1 aromatic heterocycles. The van der Waals surface area contributed by atoms with Crippen LogP contribution in [0.15, 0.2) is 36.4 Å². The fourth-order valence-electron chi connectivity index (χ4n) is 3.60. The minimum absolute atomic E-state index is 0.0324. The summed E-state index contributed by atoms with van der Waals surface area (Å²) in [6, 6.07) is 12.0. The van der Waals surface area contributed by atoms with E-state index in [1.807, 2.05) is 30.3 Å². The summed E-state index contributed by atoms with van der Waals surface area (Å²) in [5.41, 5.74) is 4.67. The van der Waals surface area contributed by atoms with Crippen LogP contribution in [0.1, 0.15) is 22.9 Å². The molecule has 2 aromatic carbocycles. The lowest BCUT2D eigenvalue weighted by atomic mass is 9.93. The van der Waals surface area contributed by atoms with Crippen LogP contribution in [0.4, 0.5) is 0 Å². The summed E-state index contributed by atoms with van der Waals surface area (Å²) in [4.78, 5) is 3.56. The Kier molecular flexibility index (Phi) is 3.87. The molecule has 1 aliphatic rings. The summed E-state index contributed by atoms with van der Waals surface area (Å²) < 4.78 is 11.1. The highest BCUT2D eigenvalue weighted by molar-refractivity contribution is 6.31. The van der Waals surface area contributed by atoms with Gasteiger partial charge < -0.3 is 19.8 Å². The molecule has 0 radical (unpaired) electrons. The maximum Gasteiger partial charge on any atom is 0.165 e. The number of benzene rings is 2. The first-order valence-corrected chi connectivity index (χ1v) is 8.35. The van der Waals surface area contributed by atoms with E-state index in [1.54, 1.807) is 14.2 Å². The number of nitrogens with one attached hydrogen (secondary N) is 2. The fraction of sp³-hybridized carbons (Fsp3) is 0.263. The van der Waals surface area contributed by atoms with E-state index in [1.165, 1.54) is 16.6 Å². The predicted octanol–water partition coefficient (Wildman–Crippen LogP) is 4.07. The van der Waals surface area contributed by atoms with Crippen LogP contribution in [0.3, 0.4) is 0 Å². The number of para-hydroxylation sites is 1. The number of rotatable bonds is 3. The zero-order valence-corrected chi connectivity index (χ0v) is 14.4. The monoisotopic (exact) mass is 342 g/mol. The van der Waals surface area contributed by atoms with Crippen molar-refractivity contribution in [3.05, 3.63) is 58.2 Å².